The summed E-state index contributed by atoms with van der Waals surface area (Å²) in [6.07, 6.45) is 7.00. The number of hydrogen-bond donors (Lipinski definition) is 1. The summed E-state index contributed by atoms with van der Waals surface area (Å²) < 4.78 is 12.2. The van der Waals surface area contributed by atoms with Gasteiger partial charge in [0.15, 0.2) is 0 Å². The van der Waals surface area contributed by atoms with E-state index in [0.717, 1.165) is 23.5 Å². The van der Waals surface area contributed by atoms with Crippen LogP contribution in [0.1, 0.15) is 49.9 Å². The van der Waals surface area contributed by atoms with Gasteiger partial charge in [0.1, 0.15) is 17.6 Å². The van der Waals surface area contributed by atoms with Crippen molar-refractivity contribution in [1.82, 2.24) is 4.98 Å². The third-order valence-electron chi connectivity index (χ3n) is 5.38. The Balaban J connectivity index is 1.73. The second kappa shape index (κ2) is 6.21. The minimum Gasteiger partial charge on any atom is -0.490 e. The number of rotatable bonds is 5. The number of primary amides is 1. The topological polar surface area (TPSA) is 74.4 Å². The SMILES string of the molecule is CC(C)Oc1cc2c(O[C@@H]3C[C@H]4CC[C@H]3C4)ccnc2cc1C(N)=O. The molecule has 132 valence electrons. The Hall–Kier alpha value is -2.30. The fourth-order valence-corrected chi connectivity index (χ4v) is 4.29. The van der Waals surface area contributed by atoms with Crippen LogP contribution in [0.4, 0.5) is 0 Å². The maximum atomic E-state index is 11.8. The van der Waals surface area contributed by atoms with E-state index < -0.39 is 5.91 Å². The Bertz CT molecular complexity index is 818. The lowest BCUT2D eigenvalue weighted by atomic mass is 9.97. The van der Waals surface area contributed by atoms with Gasteiger partial charge in [-0.15, -0.1) is 0 Å². The van der Waals surface area contributed by atoms with Gasteiger partial charge in [-0.3, -0.25) is 9.78 Å². The van der Waals surface area contributed by atoms with Gasteiger partial charge in [0.2, 0.25) is 0 Å². The summed E-state index contributed by atoms with van der Waals surface area (Å²) in [4.78, 5) is 16.2. The first kappa shape index (κ1) is 16.2. The minimum atomic E-state index is -0.515. The van der Waals surface area contributed by atoms with Crippen molar-refractivity contribution >= 4 is 16.8 Å². The summed E-state index contributed by atoms with van der Waals surface area (Å²) in [6.45, 7) is 3.84. The number of aromatic nitrogens is 1. The first-order valence-corrected chi connectivity index (χ1v) is 9.07. The van der Waals surface area contributed by atoms with Gasteiger partial charge >= 0.3 is 0 Å². The number of carbonyl (C=O) groups is 1. The number of hydrogen-bond acceptors (Lipinski definition) is 4. The first-order valence-electron chi connectivity index (χ1n) is 9.07. The molecule has 0 aliphatic heterocycles. The quantitative estimate of drug-likeness (QED) is 0.901. The molecule has 2 aromatic rings. The maximum Gasteiger partial charge on any atom is 0.252 e. The van der Waals surface area contributed by atoms with E-state index in [-0.39, 0.29) is 12.2 Å². The van der Waals surface area contributed by atoms with Gasteiger partial charge in [-0.05, 0) is 69.6 Å². The molecule has 0 saturated heterocycles. The van der Waals surface area contributed by atoms with E-state index in [1.807, 2.05) is 26.0 Å². The molecule has 1 amide bonds. The summed E-state index contributed by atoms with van der Waals surface area (Å²) in [5.41, 5.74) is 6.57. The van der Waals surface area contributed by atoms with Crippen molar-refractivity contribution in [2.24, 2.45) is 17.6 Å². The Kier molecular flexibility index (Phi) is 4.02. The predicted molar refractivity (Wildman–Crippen MR) is 95.9 cm³/mol. The van der Waals surface area contributed by atoms with E-state index in [1.54, 1.807) is 12.3 Å². The monoisotopic (exact) mass is 340 g/mol. The number of nitrogens with two attached hydrogens (primary N) is 1. The Morgan fingerprint density at radius 1 is 1.24 bits per heavy atom. The standard InChI is InChI=1S/C20H24N2O3/c1-11(2)24-19-10-14-16(9-15(19)20(21)23)22-6-5-17(14)25-18-8-12-3-4-13(18)7-12/h5-6,9-13,18H,3-4,7-8H2,1-2H3,(H2,21,23)/t12-,13-,18+/m0/s1. The lowest BCUT2D eigenvalue weighted by Gasteiger charge is -2.24. The van der Waals surface area contributed by atoms with E-state index in [4.69, 9.17) is 15.2 Å². The molecule has 0 unspecified atom stereocenters. The third kappa shape index (κ3) is 3.03. The molecule has 25 heavy (non-hydrogen) atoms. The van der Waals surface area contributed by atoms with Crippen LogP contribution < -0.4 is 15.2 Å². The van der Waals surface area contributed by atoms with Crippen molar-refractivity contribution in [3.63, 3.8) is 0 Å². The fraction of sp³-hybridized carbons (Fsp3) is 0.500. The van der Waals surface area contributed by atoms with Crippen LogP contribution in [0.3, 0.4) is 0 Å². The zero-order valence-electron chi connectivity index (χ0n) is 14.7. The average Bonchev–Trinajstić information content (AvgIpc) is 3.17. The van der Waals surface area contributed by atoms with Crippen LogP contribution in [-0.2, 0) is 0 Å². The highest BCUT2D eigenvalue weighted by Gasteiger charge is 2.41. The molecule has 5 heteroatoms. The summed E-state index contributed by atoms with van der Waals surface area (Å²) in [5, 5.41) is 0.867. The molecule has 2 bridgehead atoms. The molecule has 4 rings (SSSR count). The highest BCUT2D eigenvalue weighted by atomic mass is 16.5. The second-order valence-corrected chi connectivity index (χ2v) is 7.54. The molecule has 2 fully saturated rings. The zero-order valence-corrected chi connectivity index (χ0v) is 14.7. The van der Waals surface area contributed by atoms with Crippen molar-refractivity contribution in [2.75, 3.05) is 0 Å². The number of pyridine rings is 1. The van der Waals surface area contributed by atoms with Gasteiger partial charge in [0.05, 0.1) is 17.2 Å². The number of amides is 1. The van der Waals surface area contributed by atoms with Crippen LogP contribution in [0.25, 0.3) is 10.9 Å². The lowest BCUT2D eigenvalue weighted by Crippen LogP contribution is -2.23. The maximum absolute atomic E-state index is 11.8. The normalized spacial score (nSPS) is 24.8. The summed E-state index contributed by atoms with van der Waals surface area (Å²) >= 11 is 0. The molecule has 5 nitrogen and oxygen atoms in total. The van der Waals surface area contributed by atoms with Gasteiger partial charge in [-0.25, -0.2) is 0 Å². The zero-order chi connectivity index (χ0) is 17.6. The van der Waals surface area contributed by atoms with Crippen LogP contribution in [0, 0.1) is 11.8 Å². The number of ether oxygens (including phenoxy) is 2. The summed E-state index contributed by atoms with van der Waals surface area (Å²) in [7, 11) is 0. The van der Waals surface area contributed by atoms with Crippen LogP contribution >= 0.6 is 0 Å². The Morgan fingerprint density at radius 3 is 2.72 bits per heavy atom. The number of nitrogens with zero attached hydrogens (tertiary/aromatic N) is 1. The van der Waals surface area contributed by atoms with Crippen molar-refractivity contribution in [2.45, 2.75) is 51.7 Å². The fourth-order valence-electron chi connectivity index (χ4n) is 4.29. The van der Waals surface area contributed by atoms with Crippen LogP contribution in [-0.4, -0.2) is 23.1 Å². The largest absolute Gasteiger partial charge is 0.490 e. The van der Waals surface area contributed by atoms with E-state index in [2.05, 4.69) is 4.98 Å². The molecule has 2 aliphatic rings. The molecule has 2 saturated carbocycles. The van der Waals surface area contributed by atoms with Gasteiger partial charge in [-0.2, -0.15) is 0 Å². The molecule has 0 radical (unpaired) electrons. The lowest BCUT2D eigenvalue weighted by molar-refractivity contribution is 0.0994. The Labute approximate surface area is 147 Å². The molecule has 2 N–H and O–H groups in total. The molecule has 1 aromatic heterocycles. The van der Waals surface area contributed by atoms with Crippen LogP contribution in [0.15, 0.2) is 24.4 Å². The van der Waals surface area contributed by atoms with Crippen molar-refractivity contribution in [3.8, 4) is 11.5 Å². The third-order valence-corrected chi connectivity index (χ3v) is 5.38. The van der Waals surface area contributed by atoms with Gasteiger partial charge < -0.3 is 15.2 Å². The molecule has 3 atom stereocenters. The van der Waals surface area contributed by atoms with Crippen LogP contribution in [0.2, 0.25) is 0 Å². The van der Waals surface area contributed by atoms with E-state index in [0.29, 0.717) is 22.7 Å². The smallest absolute Gasteiger partial charge is 0.252 e. The molecular weight excluding hydrogens is 316 g/mol. The van der Waals surface area contributed by atoms with Crippen molar-refractivity contribution in [1.29, 1.82) is 0 Å². The number of fused-ring (bicyclic) bond motifs is 3. The van der Waals surface area contributed by atoms with E-state index in [9.17, 15) is 4.79 Å². The Morgan fingerprint density at radius 2 is 2.08 bits per heavy atom. The van der Waals surface area contributed by atoms with Gasteiger partial charge in [-0.1, -0.05) is 0 Å². The molecular formula is C20H24N2O3. The number of benzene rings is 1. The average molecular weight is 340 g/mol. The first-order chi connectivity index (χ1) is 12.0. The van der Waals surface area contributed by atoms with Gasteiger partial charge in [0.25, 0.3) is 5.91 Å². The molecule has 0 spiro atoms. The highest BCUT2D eigenvalue weighted by Crippen LogP contribution is 2.46. The van der Waals surface area contributed by atoms with Gasteiger partial charge in [0, 0.05) is 11.6 Å². The van der Waals surface area contributed by atoms with Crippen LogP contribution in [0.5, 0.6) is 11.5 Å². The minimum absolute atomic E-state index is 0.0536. The van der Waals surface area contributed by atoms with E-state index in [1.165, 1.54) is 19.3 Å². The second-order valence-electron chi connectivity index (χ2n) is 7.54. The summed E-state index contributed by atoms with van der Waals surface area (Å²) in [6, 6.07) is 5.44. The molecule has 1 aromatic carbocycles. The van der Waals surface area contributed by atoms with E-state index >= 15 is 0 Å². The highest BCUT2D eigenvalue weighted by molar-refractivity contribution is 6.01. The summed E-state index contributed by atoms with van der Waals surface area (Å²) in [5.74, 6) is 2.28. The molecule has 2 aliphatic carbocycles. The van der Waals surface area contributed by atoms with Crippen molar-refractivity contribution < 1.29 is 14.3 Å². The van der Waals surface area contributed by atoms with Crippen molar-refractivity contribution in [3.05, 3.63) is 30.0 Å². The number of carbonyl (C=O) groups excluding carboxylic acids is 1. The molecule has 1 heterocycles. The predicted octanol–water partition coefficient (Wildman–Crippen LogP) is 3.69.